The molecule has 0 saturated heterocycles. The molecule has 1 aliphatic carbocycles. The summed E-state index contributed by atoms with van der Waals surface area (Å²) in [4.78, 5) is 12.4. The molecular formula is C15H21FN2O. The molecule has 1 amide bonds. The van der Waals surface area contributed by atoms with Crippen LogP contribution in [-0.4, -0.2) is 11.9 Å². The van der Waals surface area contributed by atoms with E-state index in [1.165, 1.54) is 12.1 Å². The first-order valence-corrected chi connectivity index (χ1v) is 6.75. The second-order valence-electron chi connectivity index (χ2n) is 5.67. The summed E-state index contributed by atoms with van der Waals surface area (Å²) in [5, 5.41) is 2.95. The predicted octanol–water partition coefficient (Wildman–Crippen LogP) is 2.52. The molecule has 19 heavy (non-hydrogen) atoms. The van der Waals surface area contributed by atoms with E-state index in [-0.39, 0.29) is 23.8 Å². The molecule has 3 N–H and O–H groups in total. The summed E-state index contributed by atoms with van der Waals surface area (Å²) < 4.78 is 13.2. The molecule has 3 atom stereocenters. The number of rotatable bonds is 3. The average Bonchev–Trinajstić information content (AvgIpc) is 2.71. The third-order valence-electron chi connectivity index (χ3n) is 4.24. The highest BCUT2D eigenvalue weighted by Gasteiger charge is 2.43. The Bertz CT molecular complexity index is 477. The molecule has 0 aromatic heterocycles. The van der Waals surface area contributed by atoms with Crippen LogP contribution in [0.1, 0.15) is 44.7 Å². The van der Waals surface area contributed by atoms with Gasteiger partial charge < -0.3 is 11.1 Å². The molecule has 2 rings (SSSR count). The van der Waals surface area contributed by atoms with Crippen LogP contribution in [0.15, 0.2) is 24.3 Å². The van der Waals surface area contributed by atoms with Crippen molar-refractivity contribution in [1.29, 1.82) is 0 Å². The highest BCUT2D eigenvalue weighted by Crippen LogP contribution is 2.37. The number of hydrogen-bond donors (Lipinski definition) is 2. The van der Waals surface area contributed by atoms with Crippen LogP contribution < -0.4 is 11.1 Å². The van der Waals surface area contributed by atoms with Crippen LogP contribution in [-0.2, 0) is 4.79 Å². The molecule has 0 heterocycles. The molecule has 1 aromatic carbocycles. The first-order chi connectivity index (χ1) is 8.93. The Hall–Kier alpha value is -1.42. The van der Waals surface area contributed by atoms with Gasteiger partial charge in [0, 0.05) is 6.04 Å². The van der Waals surface area contributed by atoms with E-state index in [9.17, 15) is 9.18 Å². The van der Waals surface area contributed by atoms with Crippen LogP contribution in [0, 0.1) is 11.2 Å². The van der Waals surface area contributed by atoms with E-state index < -0.39 is 5.41 Å². The minimum Gasteiger partial charge on any atom is -0.349 e. The minimum absolute atomic E-state index is 0.0331. The van der Waals surface area contributed by atoms with Crippen molar-refractivity contribution in [2.45, 2.75) is 45.2 Å². The van der Waals surface area contributed by atoms with Gasteiger partial charge in [0.2, 0.25) is 5.91 Å². The molecule has 4 heteroatoms. The Morgan fingerprint density at radius 3 is 2.89 bits per heavy atom. The highest BCUT2D eigenvalue weighted by molar-refractivity contribution is 5.83. The Balaban J connectivity index is 2.07. The summed E-state index contributed by atoms with van der Waals surface area (Å²) in [6.45, 7) is 3.77. The molecular weight excluding hydrogens is 243 g/mol. The number of nitrogens with one attached hydrogen (secondary N) is 1. The largest absolute Gasteiger partial charge is 0.349 e. The number of carbonyl (C=O) groups excluding carboxylic acids is 1. The molecule has 1 aromatic rings. The number of nitrogens with two attached hydrogens (primary N) is 1. The highest BCUT2D eigenvalue weighted by atomic mass is 19.1. The van der Waals surface area contributed by atoms with E-state index in [1.807, 2.05) is 19.9 Å². The summed E-state index contributed by atoms with van der Waals surface area (Å²) in [6.07, 6.45) is 2.69. The lowest BCUT2D eigenvalue weighted by Crippen LogP contribution is -2.47. The van der Waals surface area contributed by atoms with Crippen molar-refractivity contribution in [1.82, 2.24) is 5.32 Å². The van der Waals surface area contributed by atoms with E-state index in [2.05, 4.69) is 5.32 Å². The summed E-state index contributed by atoms with van der Waals surface area (Å²) in [6, 6.07) is 6.00. The van der Waals surface area contributed by atoms with Crippen LogP contribution in [0.3, 0.4) is 0 Å². The molecule has 104 valence electrons. The summed E-state index contributed by atoms with van der Waals surface area (Å²) in [7, 11) is 0. The van der Waals surface area contributed by atoms with Crippen molar-refractivity contribution in [3.63, 3.8) is 0 Å². The fraction of sp³-hybridized carbons (Fsp3) is 0.533. The van der Waals surface area contributed by atoms with Crippen molar-refractivity contribution < 1.29 is 9.18 Å². The zero-order valence-corrected chi connectivity index (χ0v) is 11.4. The lowest BCUT2D eigenvalue weighted by Gasteiger charge is -2.29. The molecule has 0 bridgehead atoms. The van der Waals surface area contributed by atoms with Crippen LogP contribution in [0.5, 0.6) is 0 Å². The maximum atomic E-state index is 13.2. The van der Waals surface area contributed by atoms with E-state index in [1.54, 1.807) is 6.07 Å². The van der Waals surface area contributed by atoms with Crippen molar-refractivity contribution in [3.8, 4) is 0 Å². The van der Waals surface area contributed by atoms with Crippen LogP contribution in [0.25, 0.3) is 0 Å². The van der Waals surface area contributed by atoms with Crippen molar-refractivity contribution in [2.24, 2.45) is 11.1 Å². The van der Waals surface area contributed by atoms with Gasteiger partial charge in [-0.1, -0.05) is 18.6 Å². The van der Waals surface area contributed by atoms with E-state index in [4.69, 9.17) is 5.73 Å². The van der Waals surface area contributed by atoms with Gasteiger partial charge >= 0.3 is 0 Å². The van der Waals surface area contributed by atoms with Crippen LogP contribution in [0.2, 0.25) is 0 Å². The van der Waals surface area contributed by atoms with Gasteiger partial charge in [-0.15, -0.1) is 0 Å². The van der Waals surface area contributed by atoms with Gasteiger partial charge in [-0.05, 0) is 44.4 Å². The number of benzene rings is 1. The van der Waals surface area contributed by atoms with Crippen LogP contribution >= 0.6 is 0 Å². The normalized spacial score (nSPS) is 28.1. The maximum absolute atomic E-state index is 13.2. The topological polar surface area (TPSA) is 55.1 Å². The average molecular weight is 264 g/mol. The van der Waals surface area contributed by atoms with E-state index in [0.717, 1.165) is 24.8 Å². The minimum atomic E-state index is -0.498. The molecule has 1 aliphatic rings. The van der Waals surface area contributed by atoms with Crippen LogP contribution in [0.4, 0.5) is 4.39 Å². The SMILES string of the molecule is CC(NC(=O)C1(C)CCCC1N)c1cccc(F)c1. The second-order valence-corrected chi connectivity index (χ2v) is 5.67. The number of carbonyl (C=O) groups is 1. The predicted molar refractivity (Wildman–Crippen MR) is 72.9 cm³/mol. The number of halogens is 1. The Morgan fingerprint density at radius 2 is 2.32 bits per heavy atom. The van der Waals surface area contributed by atoms with E-state index in [0.29, 0.717) is 0 Å². The lowest BCUT2D eigenvalue weighted by atomic mass is 9.84. The van der Waals surface area contributed by atoms with Gasteiger partial charge in [-0.2, -0.15) is 0 Å². The van der Waals surface area contributed by atoms with Gasteiger partial charge in [0.25, 0.3) is 0 Å². The lowest BCUT2D eigenvalue weighted by molar-refractivity contribution is -0.131. The molecule has 1 saturated carbocycles. The van der Waals surface area contributed by atoms with Gasteiger partial charge in [0.15, 0.2) is 0 Å². The maximum Gasteiger partial charge on any atom is 0.227 e. The monoisotopic (exact) mass is 264 g/mol. The van der Waals surface area contributed by atoms with Crippen molar-refractivity contribution >= 4 is 5.91 Å². The van der Waals surface area contributed by atoms with Gasteiger partial charge in [0.05, 0.1) is 11.5 Å². The summed E-state index contributed by atoms with van der Waals surface area (Å²) >= 11 is 0. The summed E-state index contributed by atoms with van der Waals surface area (Å²) in [5.74, 6) is -0.323. The van der Waals surface area contributed by atoms with Crippen molar-refractivity contribution in [3.05, 3.63) is 35.6 Å². The molecule has 0 radical (unpaired) electrons. The number of amides is 1. The molecule has 1 fully saturated rings. The third-order valence-corrected chi connectivity index (χ3v) is 4.24. The fourth-order valence-electron chi connectivity index (χ4n) is 2.70. The first-order valence-electron chi connectivity index (χ1n) is 6.75. The molecule has 0 aliphatic heterocycles. The molecule has 0 spiro atoms. The van der Waals surface area contributed by atoms with Gasteiger partial charge in [0.1, 0.15) is 5.82 Å². The Labute approximate surface area is 113 Å². The zero-order chi connectivity index (χ0) is 14.0. The Kier molecular flexibility index (Phi) is 3.90. The quantitative estimate of drug-likeness (QED) is 0.881. The molecule has 3 unspecified atom stereocenters. The Morgan fingerprint density at radius 1 is 1.58 bits per heavy atom. The first kappa shape index (κ1) is 14.0. The van der Waals surface area contributed by atoms with Gasteiger partial charge in [-0.25, -0.2) is 4.39 Å². The fourth-order valence-corrected chi connectivity index (χ4v) is 2.70. The smallest absolute Gasteiger partial charge is 0.227 e. The standard InChI is InChI=1S/C15H21FN2O/c1-10(11-5-3-6-12(16)9-11)18-14(19)15(2)8-4-7-13(15)17/h3,5-6,9-10,13H,4,7-8,17H2,1-2H3,(H,18,19). The van der Waals surface area contributed by atoms with Gasteiger partial charge in [-0.3, -0.25) is 4.79 Å². The third kappa shape index (κ3) is 2.78. The van der Waals surface area contributed by atoms with Crippen molar-refractivity contribution in [2.75, 3.05) is 0 Å². The number of hydrogen-bond acceptors (Lipinski definition) is 2. The van der Waals surface area contributed by atoms with E-state index >= 15 is 0 Å². The summed E-state index contributed by atoms with van der Waals surface area (Å²) in [5.41, 5.74) is 6.30. The zero-order valence-electron chi connectivity index (χ0n) is 11.4. The molecule has 3 nitrogen and oxygen atoms in total. The second kappa shape index (κ2) is 5.29.